The molecule has 2 aromatic rings. The van der Waals surface area contributed by atoms with Gasteiger partial charge in [-0.25, -0.2) is 0 Å². The molecule has 0 aliphatic heterocycles. The molecular formula is C17H16N2O4. The van der Waals surface area contributed by atoms with Crippen molar-refractivity contribution >= 4 is 23.4 Å². The first-order chi connectivity index (χ1) is 11.1. The highest BCUT2D eigenvalue weighted by molar-refractivity contribution is 6.01. The van der Waals surface area contributed by atoms with E-state index in [2.05, 4.69) is 5.32 Å². The third kappa shape index (κ3) is 4.96. The molecule has 0 aliphatic rings. The average molecular weight is 312 g/mol. The molecule has 0 fully saturated rings. The molecule has 0 bridgehead atoms. The van der Waals surface area contributed by atoms with E-state index in [9.17, 15) is 14.9 Å². The van der Waals surface area contributed by atoms with Crippen molar-refractivity contribution in [1.82, 2.24) is 0 Å². The summed E-state index contributed by atoms with van der Waals surface area (Å²) in [4.78, 5) is 21.9. The SMILES string of the molecule is CCOc1ccc(NC(=O)C=Cc2ccc([N+](=O)[O-])cc2)cc1. The number of hydrogen-bond donors (Lipinski definition) is 1. The number of nitrogens with one attached hydrogen (secondary N) is 1. The maximum absolute atomic E-state index is 11.8. The van der Waals surface area contributed by atoms with Gasteiger partial charge in [-0.15, -0.1) is 0 Å². The molecule has 0 saturated heterocycles. The smallest absolute Gasteiger partial charge is 0.269 e. The predicted molar refractivity (Wildman–Crippen MR) is 88.4 cm³/mol. The van der Waals surface area contributed by atoms with Gasteiger partial charge in [0.15, 0.2) is 0 Å². The van der Waals surface area contributed by atoms with Gasteiger partial charge in [0, 0.05) is 23.9 Å². The lowest BCUT2D eigenvalue weighted by atomic mass is 10.2. The summed E-state index contributed by atoms with van der Waals surface area (Å²) in [6.45, 7) is 2.49. The average Bonchev–Trinajstić information content (AvgIpc) is 2.55. The molecule has 2 rings (SSSR count). The summed E-state index contributed by atoms with van der Waals surface area (Å²) in [5.41, 5.74) is 1.38. The summed E-state index contributed by atoms with van der Waals surface area (Å²) in [5.74, 6) is 0.458. The number of carbonyl (C=O) groups excluding carboxylic acids is 1. The second kappa shape index (κ2) is 7.74. The van der Waals surface area contributed by atoms with Crippen LogP contribution >= 0.6 is 0 Å². The van der Waals surface area contributed by atoms with E-state index in [1.54, 1.807) is 42.5 Å². The maximum Gasteiger partial charge on any atom is 0.269 e. The van der Waals surface area contributed by atoms with Crippen molar-refractivity contribution in [3.05, 3.63) is 70.3 Å². The van der Waals surface area contributed by atoms with Crippen molar-refractivity contribution in [1.29, 1.82) is 0 Å². The molecule has 1 N–H and O–H groups in total. The zero-order valence-corrected chi connectivity index (χ0v) is 12.6. The molecule has 6 nitrogen and oxygen atoms in total. The molecule has 0 spiro atoms. The Balaban J connectivity index is 1.94. The summed E-state index contributed by atoms with van der Waals surface area (Å²) < 4.78 is 5.32. The summed E-state index contributed by atoms with van der Waals surface area (Å²) in [6, 6.07) is 13.0. The Bertz CT molecular complexity index is 706. The lowest BCUT2D eigenvalue weighted by Crippen LogP contribution is -2.07. The molecule has 1 amide bonds. The van der Waals surface area contributed by atoms with E-state index in [0.29, 0.717) is 17.9 Å². The third-order valence-electron chi connectivity index (χ3n) is 2.96. The Kier molecular flexibility index (Phi) is 5.46. The number of ether oxygens (including phenoxy) is 1. The van der Waals surface area contributed by atoms with Crippen molar-refractivity contribution in [3.8, 4) is 5.75 Å². The van der Waals surface area contributed by atoms with Gasteiger partial charge in [0.1, 0.15) is 5.75 Å². The van der Waals surface area contributed by atoms with Crippen molar-refractivity contribution in [2.24, 2.45) is 0 Å². The van der Waals surface area contributed by atoms with Crippen LogP contribution in [0.5, 0.6) is 5.75 Å². The van der Waals surface area contributed by atoms with Crippen LogP contribution in [0.1, 0.15) is 12.5 Å². The molecule has 6 heteroatoms. The molecule has 0 atom stereocenters. The van der Waals surface area contributed by atoms with Crippen LogP contribution in [-0.2, 0) is 4.79 Å². The van der Waals surface area contributed by atoms with E-state index in [1.807, 2.05) is 6.92 Å². The van der Waals surface area contributed by atoms with Crippen molar-refractivity contribution in [3.63, 3.8) is 0 Å². The number of benzene rings is 2. The minimum absolute atomic E-state index is 0.0148. The van der Waals surface area contributed by atoms with Crippen LogP contribution in [0.4, 0.5) is 11.4 Å². The zero-order valence-electron chi connectivity index (χ0n) is 12.6. The highest BCUT2D eigenvalue weighted by Gasteiger charge is 2.03. The second-order valence-corrected chi connectivity index (χ2v) is 4.63. The maximum atomic E-state index is 11.8. The molecule has 0 saturated carbocycles. The minimum atomic E-state index is -0.466. The van der Waals surface area contributed by atoms with Gasteiger partial charge >= 0.3 is 0 Å². The first-order valence-electron chi connectivity index (χ1n) is 7.05. The standard InChI is InChI=1S/C17H16N2O4/c1-2-23-16-10-6-14(7-11-16)18-17(20)12-5-13-3-8-15(9-4-13)19(21)22/h3-12H,2H2,1H3,(H,18,20). The molecule has 23 heavy (non-hydrogen) atoms. The van der Waals surface area contributed by atoms with Gasteiger partial charge in [0.25, 0.3) is 5.69 Å². The number of amides is 1. The number of carbonyl (C=O) groups is 1. The van der Waals surface area contributed by atoms with Gasteiger partial charge < -0.3 is 10.1 Å². The van der Waals surface area contributed by atoms with Crippen molar-refractivity contribution in [2.75, 3.05) is 11.9 Å². The number of rotatable bonds is 6. The number of anilines is 1. The quantitative estimate of drug-likeness (QED) is 0.501. The summed E-state index contributed by atoms with van der Waals surface area (Å²) >= 11 is 0. The normalized spacial score (nSPS) is 10.5. The van der Waals surface area contributed by atoms with Crippen LogP contribution in [0.3, 0.4) is 0 Å². The highest BCUT2D eigenvalue weighted by atomic mass is 16.6. The van der Waals surface area contributed by atoms with Crippen LogP contribution in [0.15, 0.2) is 54.6 Å². The van der Waals surface area contributed by atoms with E-state index < -0.39 is 4.92 Å². The highest BCUT2D eigenvalue weighted by Crippen LogP contribution is 2.16. The van der Waals surface area contributed by atoms with Crippen molar-refractivity contribution in [2.45, 2.75) is 6.92 Å². The monoisotopic (exact) mass is 312 g/mol. The Morgan fingerprint density at radius 1 is 1.17 bits per heavy atom. The van der Waals surface area contributed by atoms with Crippen molar-refractivity contribution < 1.29 is 14.5 Å². The molecule has 118 valence electrons. The van der Waals surface area contributed by atoms with Gasteiger partial charge in [-0.3, -0.25) is 14.9 Å². The van der Waals surface area contributed by atoms with Crippen LogP contribution in [0.25, 0.3) is 6.08 Å². The third-order valence-corrected chi connectivity index (χ3v) is 2.96. The molecule has 2 aromatic carbocycles. The van der Waals surface area contributed by atoms with Gasteiger partial charge in [-0.05, 0) is 55.0 Å². The molecule has 0 aliphatic carbocycles. The minimum Gasteiger partial charge on any atom is -0.494 e. The fourth-order valence-electron chi connectivity index (χ4n) is 1.86. The lowest BCUT2D eigenvalue weighted by Gasteiger charge is -2.05. The zero-order chi connectivity index (χ0) is 16.7. The van der Waals surface area contributed by atoms with E-state index in [4.69, 9.17) is 4.74 Å². The molecule has 0 radical (unpaired) electrons. The second-order valence-electron chi connectivity index (χ2n) is 4.63. The summed E-state index contributed by atoms with van der Waals surface area (Å²) in [6.07, 6.45) is 2.96. The Morgan fingerprint density at radius 3 is 2.39 bits per heavy atom. The van der Waals surface area contributed by atoms with Crippen LogP contribution in [0, 0.1) is 10.1 Å². The number of nitro benzene ring substituents is 1. The van der Waals surface area contributed by atoms with Gasteiger partial charge in [-0.1, -0.05) is 0 Å². The van der Waals surface area contributed by atoms with Crippen LogP contribution < -0.4 is 10.1 Å². The van der Waals surface area contributed by atoms with E-state index in [1.165, 1.54) is 18.2 Å². The predicted octanol–water partition coefficient (Wildman–Crippen LogP) is 3.65. The topological polar surface area (TPSA) is 81.5 Å². The van der Waals surface area contributed by atoms with Gasteiger partial charge in [0.2, 0.25) is 5.91 Å². The van der Waals surface area contributed by atoms with Gasteiger partial charge in [-0.2, -0.15) is 0 Å². The van der Waals surface area contributed by atoms with E-state index in [-0.39, 0.29) is 11.6 Å². The number of hydrogen-bond acceptors (Lipinski definition) is 4. The number of nitrogens with zero attached hydrogens (tertiary/aromatic N) is 1. The van der Waals surface area contributed by atoms with Gasteiger partial charge in [0.05, 0.1) is 11.5 Å². The Hall–Kier alpha value is -3.15. The molecule has 0 unspecified atom stereocenters. The Labute approximate surface area is 133 Å². The van der Waals surface area contributed by atoms with E-state index in [0.717, 1.165) is 5.75 Å². The summed E-state index contributed by atoms with van der Waals surface area (Å²) in [7, 11) is 0. The lowest BCUT2D eigenvalue weighted by molar-refractivity contribution is -0.384. The fourth-order valence-corrected chi connectivity index (χ4v) is 1.86. The molecule has 0 heterocycles. The number of non-ortho nitro benzene ring substituents is 1. The first-order valence-corrected chi connectivity index (χ1v) is 7.05. The number of nitro groups is 1. The van der Waals surface area contributed by atoms with E-state index >= 15 is 0 Å². The molecule has 0 aromatic heterocycles. The largest absolute Gasteiger partial charge is 0.494 e. The van der Waals surface area contributed by atoms with Crippen LogP contribution in [0.2, 0.25) is 0 Å². The first kappa shape index (κ1) is 16.2. The fraction of sp³-hybridized carbons (Fsp3) is 0.118. The summed E-state index contributed by atoms with van der Waals surface area (Å²) in [5, 5.41) is 13.3. The molecular weight excluding hydrogens is 296 g/mol. The Morgan fingerprint density at radius 2 is 1.83 bits per heavy atom. The van der Waals surface area contributed by atoms with Crippen LogP contribution in [-0.4, -0.2) is 17.4 Å².